The Kier molecular flexibility index (Phi) is 7.42. The lowest BCUT2D eigenvalue weighted by molar-refractivity contribution is -0.116. The standard InChI is InChI=1S/C19H22Cl2N2O3/c1-4-25-17-9-7-14(11-18(17)26-5-2)22-12(3)19(24)23-16-8-6-13(20)10-15(16)21/h6-12,22H,4-5H2,1-3H3,(H,23,24)/t12-/m1/s1. The molecule has 2 N–H and O–H groups in total. The number of halogens is 2. The number of ether oxygens (including phenoxy) is 2. The van der Waals surface area contributed by atoms with Crippen molar-refractivity contribution in [2.24, 2.45) is 0 Å². The Hall–Kier alpha value is -2.11. The molecular weight excluding hydrogens is 375 g/mol. The third kappa shape index (κ3) is 5.44. The molecule has 2 aromatic rings. The van der Waals surface area contributed by atoms with E-state index in [-0.39, 0.29) is 5.91 Å². The van der Waals surface area contributed by atoms with Crippen molar-refractivity contribution in [1.29, 1.82) is 0 Å². The fourth-order valence-corrected chi connectivity index (χ4v) is 2.74. The normalized spacial score (nSPS) is 11.6. The predicted octanol–water partition coefficient (Wildman–Crippen LogP) is 5.23. The second-order valence-corrected chi connectivity index (χ2v) is 6.35. The molecule has 7 heteroatoms. The maximum absolute atomic E-state index is 12.4. The number of amides is 1. The molecule has 0 radical (unpaired) electrons. The Morgan fingerprint density at radius 2 is 1.73 bits per heavy atom. The molecule has 1 amide bonds. The van der Waals surface area contributed by atoms with Gasteiger partial charge in [0.05, 0.1) is 23.9 Å². The summed E-state index contributed by atoms with van der Waals surface area (Å²) in [7, 11) is 0. The first-order valence-electron chi connectivity index (χ1n) is 8.36. The lowest BCUT2D eigenvalue weighted by Gasteiger charge is -2.18. The summed E-state index contributed by atoms with van der Waals surface area (Å²) in [6.07, 6.45) is 0. The van der Waals surface area contributed by atoms with Gasteiger partial charge in [-0.3, -0.25) is 4.79 Å². The largest absolute Gasteiger partial charge is 0.490 e. The number of hydrogen-bond donors (Lipinski definition) is 2. The van der Waals surface area contributed by atoms with E-state index < -0.39 is 6.04 Å². The summed E-state index contributed by atoms with van der Waals surface area (Å²) >= 11 is 12.0. The van der Waals surface area contributed by atoms with Crippen molar-refractivity contribution in [3.63, 3.8) is 0 Å². The van der Waals surface area contributed by atoms with Gasteiger partial charge in [0.2, 0.25) is 5.91 Å². The molecule has 0 aliphatic rings. The van der Waals surface area contributed by atoms with Crippen LogP contribution >= 0.6 is 23.2 Å². The van der Waals surface area contributed by atoms with Gasteiger partial charge in [-0.25, -0.2) is 0 Å². The number of carbonyl (C=O) groups is 1. The first kappa shape index (κ1) is 20.2. The fraction of sp³-hybridized carbons (Fsp3) is 0.316. The number of rotatable bonds is 8. The van der Waals surface area contributed by atoms with Crippen LogP contribution in [0, 0.1) is 0 Å². The molecular formula is C19H22Cl2N2O3. The number of carbonyl (C=O) groups excluding carboxylic acids is 1. The van der Waals surface area contributed by atoms with Gasteiger partial charge in [0.25, 0.3) is 0 Å². The Bertz CT molecular complexity index is 768. The van der Waals surface area contributed by atoms with Crippen LogP contribution in [0.25, 0.3) is 0 Å². The molecule has 0 bridgehead atoms. The molecule has 26 heavy (non-hydrogen) atoms. The molecule has 1 atom stereocenters. The van der Waals surface area contributed by atoms with Gasteiger partial charge in [0.15, 0.2) is 11.5 Å². The van der Waals surface area contributed by atoms with E-state index in [0.29, 0.717) is 40.4 Å². The molecule has 0 fully saturated rings. The van der Waals surface area contributed by atoms with Crippen LogP contribution in [0.1, 0.15) is 20.8 Å². The minimum absolute atomic E-state index is 0.221. The van der Waals surface area contributed by atoms with Crippen LogP contribution in [0.2, 0.25) is 10.0 Å². The average Bonchev–Trinajstić information content (AvgIpc) is 2.60. The third-order valence-corrected chi connectivity index (χ3v) is 4.06. The van der Waals surface area contributed by atoms with E-state index in [0.717, 1.165) is 5.69 Å². The van der Waals surface area contributed by atoms with Crippen LogP contribution in [-0.2, 0) is 4.79 Å². The second-order valence-electron chi connectivity index (χ2n) is 5.51. The molecule has 0 spiro atoms. The highest BCUT2D eigenvalue weighted by Crippen LogP contribution is 2.31. The molecule has 0 aromatic heterocycles. The minimum Gasteiger partial charge on any atom is -0.490 e. The van der Waals surface area contributed by atoms with Crippen LogP contribution in [0.15, 0.2) is 36.4 Å². The van der Waals surface area contributed by atoms with Crippen molar-refractivity contribution in [1.82, 2.24) is 0 Å². The van der Waals surface area contributed by atoms with Gasteiger partial charge in [0.1, 0.15) is 6.04 Å². The molecule has 0 saturated carbocycles. The van der Waals surface area contributed by atoms with Gasteiger partial charge < -0.3 is 20.1 Å². The zero-order valence-electron chi connectivity index (χ0n) is 14.9. The van der Waals surface area contributed by atoms with Crippen LogP contribution in [-0.4, -0.2) is 25.2 Å². The Labute approximate surface area is 163 Å². The lowest BCUT2D eigenvalue weighted by atomic mass is 10.2. The van der Waals surface area contributed by atoms with Crippen molar-refractivity contribution in [3.8, 4) is 11.5 Å². The zero-order valence-corrected chi connectivity index (χ0v) is 16.4. The van der Waals surface area contributed by atoms with Crippen molar-refractivity contribution in [3.05, 3.63) is 46.4 Å². The molecule has 0 aliphatic carbocycles. The van der Waals surface area contributed by atoms with E-state index in [2.05, 4.69) is 10.6 Å². The van der Waals surface area contributed by atoms with Crippen molar-refractivity contribution < 1.29 is 14.3 Å². The first-order chi connectivity index (χ1) is 12.4. The first-order valence-corrected chi connectivity index (χ1v) is 9.12. The predicted molar refractivity (Wildman–Crippen MR) is 107 cm³/mol. The number of hydrogen-bond acceptors (Lipinski definition) is 4. The van der Waals surface area contributed by atoms with Crippen LogP contribution in [0.5, 0.6) is 11.5 Å². The summed E-state index contributed by atoms with van der Waals surface area (Å²) in [6.45, 7) is 6.65. The topological polar surface area (TPSA) is 59.6 Å². The van der Waals surface area contributed by atoms with Gasteiger partial charge in [0, 0.05) is 16.8 Å². The van der Waals surface area contributed by atoms with Crippen LogP contribution in [0.4, 0.5) is 11.4 Å². The van der Waals surface area contributed by atoms with Crippen LogP contribution < -0.4 is 20.1 Å². The fourth-order valence-electron chi connectivity index (χ4n) is 2.29. The van der Waals surface area contributed by atoms with Gasteiger partial charge >= 0.3 is 0 Å². The monoisotopic (exact) mass is 396 g/mol. The lowest BCUT2D eigenvalue weighted by Crippen LogP contribution is -2.31. The summed E-state index contributed by atoms with van der Waals surface area (Å²) in [5.74, 6) is 1.08. The summed E-state index contributed by atoms with van der Waals surface area (Å²) in [5.41, 5.74) is 1.26. The summed E-state index contributed by atoms with van der Waals surface area (Å²) < 4.78 is 11.1. The molecule has 0 saturated heterocycles. The highest BCUT2D eigenvalue weighted by molar-refractivity contribution is 6.36. The Morgan fingerprint density at radius 1 is 1.04 bits per heavy atom. The van der Waals surface area contributed by atoms with E-state index in [1.165, 1.54) is 0 Å². The molecule has 2 rings (SSSR count). The van der Waals surface area contributed by atoms with E-state index in [4.69, 9.17) is 32.7 Å². The Morgan fingerprint density at radius 3 is 2.38 bits per heavy atom. The van der Waals surface area contributed by atoms with E-state index in [9.17, 15) is 4.79 Å². The van der Waals surface area contributed by atoms with Gasteiger partial charge in [-0.1, -0.05) is 23.2 Å². The second kappa shape index (κ2) is 9.55. The number of benzene rings is 2. The SMILES string of the molecule is CCOc1ccc(N[C@H](C)C(=O)Nc2ccc(Cl)cc2Cl)cc1OCC. The zero-order chi connectivity index (χ0) is 19.1. The molecule has 0 aliphatic heterocycles. The molecule has 2 aromatic carbocycles. The van der Waals surface area contributed by atoms with E-state index in [1.807, 2.05) is 32.0 Å². The number of nitrogens with one attached hydrogen (secondary N) is 2. The van der Waals surface area contributed by atoms with E-state index in [1.54, 1.807) is 25.1 Å². The third-order valence-electron chi connectivity index (χ3n) is 3.51. The highest BCUT2D eigenvalue weighted by atomic mass is 35.5. The van der Waals surface area contributed by atoms with Crippen molar-refractivity contribution in [2.75, 3.05) is 23.8 Å². The summed E-state index contributed by atoms with van der Waals surface area (Å²) in [4.78, 5) is 12.4. The highest BCUT2D eigenvalue weighted by Gasteiger charge is 2.15. The van der Waals surface area contributed by atoms with Gasteiger partial charge in [-0.05, 0) is 51.1 Å². The quantitative estimate of drug-likeness (QED) is 0.641. The molecule has 140 valence electrons. The molecule has 0 unspecified atom stereocenters. The van der Waals surface area contributed by atoms with Crippen molar-refractivity contribution in [2.45, 2.75) is 26.8 Å². The van der Waals surface area contributed by atoms with Gasteiger partial charge in [-0.15, -0.1) is 0 Å². The minimum atomic E-state index is -0.492. The number of anilines is 2. The maximum Gasteiger partial charge on any atom is 0.246 e. The summed E-state index contributed by atoms with van der Waals surface area (Å²) in [6, 6.07) is 9.89. The Balaban J connectivity index is 2.07. The van der Waals surface area contributed by atoms with Gasteiger partial charge in [-0.2, -0.15) is 0 Å². The smallest absolute Gasteiger partial charge is 0.246 e. The van der Waals surface area contributed by atoms with E-state index >= 15 is 0 Å². The molecule has 5 nitrogen and oxygen atoms in total. The summed E-state index contributed by atoms with van der Waals surface area (Å²) in [5, 5.41) is 6.82. The average molecular weight is 397 g/mol. The maximum atomic E-state index is 12.4. The van der Waals surface area contributed by atoms with Crippen molar-refractivity contribution >= 4 is 40.5 Å². The molecule has 0 heterocycles. The van der Waals surface area contributed by atoms with Crippen LogP contribution in [0.3, 0.4) is 0 Å².